The summed E-state index contributed by atoms with van der Waals surface area (Å²) >= 11 is 1.55. The van der Waals surface area contributed by atoms with Gasteiger partial charge in [0.2, 0.25) is 10.0 Å². The van der Waals surface area contributed by atoms with Gasteiger partial charge in [-0.2, -0.15) is 0 Å². The van der Waals surface area contributed by atoms with Gasteiger partial charge in [-0.15, -0.1) is 11.3 Å². The quantitative estimate of drug-likeness (QED) is 0.913. The van der Waals surface area contributed by atoms with Crippen LogP contribution in [0.1, 0.15) is 28.5 Å². The smallest absolute Gasteiger partial charge is 0.217 e. The van der Waals surface area contributed by atoms with Crippen LogP contribution in [0.5, 0.6) is 0 Å². The standard InChI is InChI=1S/C16H19NO3S2/c1-20-16-14-7-3-2-5-12(14)8-9-15(16)22(18,19)17-11-13-6-4-10-21-13/h2-7,10,15-17H,8-9,11H2,1H3. The summed E-state index contributed by atoms with van der Waals surface area (Å²) in [7, 11) is -1.85. The summed E-state index contributed by atoms with van der Waals surface area (Å²) in [5.41, 5.74) is 2.17. The Kier molecular flexibility index (Phi) is 4.63. The van der Waals surface area contributed by atoms with E-state index in [1.54, 1.807) is 18.4 Å². The van der Waals surface area contributed by atoms with Crippen LogP contribution in [-0.4, -0.2) is 20.8 Å². The Morgan fingerprint density at radius 2 is 2.09 bits per heavy atom. The molecule has 1 aliphatic rings. The van der Waals surface area contributed by atoms with Gasteiger partial charge < -0.3 is 4.74 Å². The van der Waals surface area contributed by atoms with E-state index >= 15 is 0 Å². The first-order valence-corrected chi connectivity index (χ1v) is 9.66. The van der Waals surface area contributed by atoms with Gasteiger partial charge in [0.15, 0.2) is 0 Å². The summed E-state index contributed by atoms with van der Waals surface area (Å²) in [6.45, 7) is 0.342. The Morgan fingerprint density at radius 1 is 1.27 bits per heavy atom. The predicted molar refractivity (Wildman–Crippen MR) is 88.4 cm³/mol. The van der Waals surface area contributed by atoms with Crippen LogP contribution in [0.15, 0.2) is 41.8 Å². The van der Waals surface area contributed by atoms with Gasteiger partial charge in [0.25, 0.3) is 0 Å². The molecule has 1 heterocycles. The van der Waals surface area contributed by atoms with E-state index in [-0.39, 0.29) is 0 Å². The van der Waals surface area contributed by atoms with Crippen molar-refractivity contribution in [1.29, 1.82) is 0 Å². The SMILES string of the molecule is COC1c2ccccc2CCC1S(=O)(=O)NCc1cccs1. The third-order valence-corrected chi connectivity index (χ3v) is 6.78. The summed E-state index contributed by atoms with van der Waals surface area (Å²) in [5.74, 6) is 0. The lowest BCUT2D eigenvalue weighted by atomic mass is 9.89. The Labute approximate surface area is 135 Å². The Morgan fingerprint density at radius 3 is 2.82 bits per heavy atom. The number of hydrogen-bond donors (Lipinski definition) is 1. The number of ether oxygens (including phenoxy) is 1. The number of sulfonamides is 1. The van der Waals surface area contributed by atoms with E-state index in [9.17, 15) is 8.42 Å². The average Bonchev–Trinajstić information content (AvgIpc) is 3.05. The maximum absolute atomic E-state index is 12.7. The predicted octanol–water partition coefficient (Wildman–Crippen LogP) is 2.87. The van der Waals surface area contributed by atoms with E-state index in [0.29, 0.717) is 13.0 Å². The van der Waals surface area contributed by atoms with Crippen LogP contribution in [-0.2, 0) is 27.7 Å². The monoisotopic (exact) mass is 337 g/mol. The normalized spacial score (nSPS) is 21.5. The highest BCUT2D eigenvalue weighted by Gasteiger charge is 2.38. The van der Waals surface area contributed by atoms with E-state index in [2.05, 4.69) is 4.72 Å². The second-order valence-electron chi connectivity index (χ2n) is 5.38. The first kappa shape index (κ1) is 15.7. The number of methoxy groups -OCH3 is 1. The summed E-state index contributed by atoms with van der Waals surface area (Å²) in [6, 6.07) is 11.8. The van der Waals surface area contributed by atoms with Crippen molar-refractivity contribution < 1.29 is 13.2 Å². The maximum atomic E-state index is 12.7. The molecule has 22 heavy (non-hydrogen) atoms. The molecule has 1 aromatic heterocycles. The van der Waals surface area contributed by atoms with Crippen molar-refractivity contribution in [3.63, 3.8) is 0 Å². The molecular formula is C16H19NO3S2. The van der Waals surface area contributed by atoms with Crippen molar-refractivity contribution in [3.05, 3.63) is 57.8 Å². The van der Waals surface area contributed by atoms with Crippen molar-refractivity contribution >= 4 is 21.4 Å². The second kappa shape index (κ2) is 6.50. The van der Waals surface area contributed by atoms with Gasteiger partial charge in [-0.05, 0) is 35.4 Å². The van der Waals surface area contributed by atoms with E-state index < -0.39 is 21.4 Å². The minimum absolute atomic E-state index is 0.342. The Balaban J connectivity index is 1.81. The third-order valence-electron chi connectivity index (χ3n) is 4.08. The molecule has 0 fully saturated rings. The maximum Gasteiger partial charge on any atom is 0.217 e. The minimum Gasteiger partial charge on any atom is -0.375 e. The number of aryl methyl sites for hydroxylation is 1. The zero-order valence-corrected chi connectivity index (χ0v) is 14.0. The molecule has 118 valence electrons. The molecule has 2 aromatic rings. The van der Waals surface area contributed by atoms with Crippen molar-refractivity contribution in [2.45, 2.75) is 30.7 Å². The number of nitrogens with one attached hydrogen (secondary N) is 1. The largest absolute Gasteiger partial charge is 0.375 e. The second-order valence-corrected chi connectivity index (χ2v) is 8.39. The lowest BCUT2D eigenvalue weighted by Gasteiger charge is -2.32. The van der Waals surface area contributed by atoms with Crippen LogP contribution in [0.4, 0.5) is 0 Å². The fourth-order valence-corrected chi connectivity index (χ4v) is 5.30. The molecule has 3 rings (SSSR count). The number of fused-ring (bicyclic) bond motifs is 1. The summed E-state index contributed by atoms with van der Waals surface area (Å²) in [6.07, 6.45) is 0.932. The number of rotatable bonds is 5. The molecular weight excluding hydrogens is 318 g/mol. The van der Waals surface area contributed by atoms with Crippen molar-refractivity contribution in [2.75, 3.05) is 7.11 Å². The van der Waals surface area contributed by atoms with Crippen molar-refractivity contribution in [1.82, 2.24) is 4.72 Å². The van der Waals surface area contributed by atoms with Crippen LogP contribution in [0.2, 0.25) is 0 Å². The molecule has 2 atom stereocenters. The fraction of sp³-hybridized carbons (Fsp3) is 0.375. The third kappa shape index (κ3) is 3.10. The average molecular weight is 337 g/mol. The highest BCUT2D eigenvalue weighted by molar-refractivity contribution is 7.90. The van der Waals surface area contributed by atoms with Gasteiger partial charge in [-0.3, -0.25) is 0 Å². The van der Waals surface area contributed by atoms with Gasteiger partial charge in [0.1, 0.15) is 11.4 Å². The van der Waals surface area contributed by atoms with E-state index in [1.807, 2.05) is 41.8 Å². The molecule has 1 N–H and O–H groups in total. The highest BCUT2D eigenvalue weighted by Crippen LogP contribution is 2.35. The summed E-state index contributed by atoms with van der Waals surface area (Å²) in [5, 5.41) is 1.39. The van der Waals surface area contributed by atoms with Gasteiger partial charge in [0, 0.05) is 18.5 Å². The molecule has 1 aliphatic carbocycles. The van der Waals surface area contributed by atoms with Crippen LogP contribution in [0.3, 0.4) is 0 Å². The molecule has 1 aromatic carbocycles. The molecule has 4 nitrogen and oxygen atoms in total. The molecule has 0 radical (unpaired) electrons. The van der Waals surface area contributed by atoms with Crippen LogP contribution < -0.4 is 4.72 Å². The topological polar surface area (TPSA) is 55.4 Å². The van der Waals surface area contributed by atoms with E-state index in [1.165, 1.54) is 5.56 Å². The number of thiophene rings is 1. The van der Waals surface area contributed by atoms with Crippen molar-refractivity contribution in [2.24, 2.45) is 0 Å². The van der Waals surface area contributed by atoms with Crippen LogP contribution >= 0.6 is 11.3 Å². The van der Waals surface area contributed by atoms with E-state index in [0.717, 1.165) is 16.9 Å². The lowest BCUT2D eigenvalue weighted by molar-refractivity contribution is 0.0904. The Bertz CT molecular complexity index is 726. The van der Waals surface area contributed by atoms with Gasteiger partial charge >= 0.3 is 0 Å². The summed E-state index contributed by atoms with van der Waals surface area (Å²) < 4.78 is 33.6. The van der Waals surface area contributed by atoms with Gasteiger partial charge in [0.05, 0.1) is 0 Å². The number of benzene rings is 1. The first-order valence-electron chi connectivity index (χ1n) is 7.23. The summed E-state index contributed by atoms with van der Waals surface area (Å²) in [4.78, 5) is 1.01. The van der Waals surface area contributed by atoms with Gasteiger partial charge in [-0.1, -0.05) is 30.3 Å². The zero-order valence-electron chi connectivity index (χ0n) is 12.4. The Hall–Kier alpha value is -1.21. The van der Waals surface area contributed by atoms with E-state index in [4.69, 9.17) is 4.74 Å². The molecule has 6 heteroatoms. The first-order chi connectivity index (χ1) is 10.6. The van der Waals surface area contributed by atoms with Crippen LogP contribution in [0.25, 0.3) is 0 Å². The molecule has 0 aliphatic heterocycles. The number of hydrogen-bond acceptors (Lipinski definition) is 4. The lowest BCUT2D eigenvalue weighted by Crippen LogP contribution is -2.41. The zero-order chi connectivity index (χ0) is 15.6. The highest BCUT2D eigenvalue weighted by atomic mass is 32.2. The molecule has 2 unspecified atom stereocenters. The molecule has 0 saturated carbocycles. The van der Waals surface area contributed by atoms with Crippen LogP contribution in [0, 0.1) is 0 Å². The molecule has 0 bridgehead atoms. The van der Waals surface area contributed by atoms with Gasteiger partial charge in [-0.25, -0.2) is 13.1 Å². The molecule has 0 spiro atoms. The fourth-order valence-electron chi connectivity index (χ4n) is 2.98. The molecule has 0 amide bonds. The van der Waals surface area contributed by atoms with Crippen molar-refractivity contribution in [3.8, 4) is 0 Å². The minimum atomic E-state index is -3.43. The molecule has 0 saturated heterocycles.